The average molecular weight is 463 g/mol. The summed E-state index contributed by atoms with van der Waals surface area (Å²) in [4.78, 5) is 26.9. The van der Waals surface area contributed by atoms with Crippen molar-refractivity contribution in [2.45, 2.75) is 44.2 Å². The van der Waals surface area contributed by atoms with Gasteiger partial charge in [-0.15, -0.1) is 0 Å². The minimum absolute atomic E-state index is 0.254. The van der Waals surface area contributed by atoms with Crippen molar-refractivity contribution < 1.29 is 19.1 Å². The first-order valence-corrected chi connectivity index (χ1v) is 11.8. The number of ketones is 1. The minimum atomic E-state index is -0.254. The number of hydrogen-bond acceptors (Lipinski definition) is 6. The van der Waals surface area contributed by atoms with Crippen LogP contribution in [0.5, 0.6) is 11.5 Å². The molecule has 3 aliphatic rings. The maximum absolute atomic E-state index is 12.5. The fourth-order valence-electron chi connectivity index (χ4n) is 5.47. The van der Waals surface area contributed by atoms with Gasteiger partial charge in [0, 0.05) is 48.8 Å². The fraction of sp³-hybridized carbons (Fsp3) is 0.423. The quantitative estimate of drug-likeness (QED) is 0.754. The number of hydrazone groups is 1. The highest BCUT2D eigenvalue weighted by atomic mass is 16.5. The molecule has 8 nitrogen and oxygen atoms in total. The van der Waals surface area contributed by atoms with E-state index in [2.05, 4.69) is 34.5 Å². The van der Waals surface area contributed by atoms with Gasteiger partial charge in [-0.25, -0.2) is 9.80 Å². The van der Waals surface area contributed by atoms with Gasteiger partial charge in [0.25, 0.3) is 0 Å². The molecule has 8 heteroatoms. The number of ether oxygens (including phenoxy) is 2. The summed E-state index contributed by atoms with van der Waals surface area (Å²) >= 11 is 0. The third kappa shape index (κ3) is 3.87. The minimum Gasteiger partial charge on any atom is -0.493 e. The Balaban J connectivity index is 1.54. The third-order valence-corrected chi connectivity index (χ3v) is 7.11. The molecule has 0 radical (unpaired) electrons. The van der Waals surface area contributed by atoms with Crippen LogP contribution in [-0.4, -0.2) is 62.4 Å². The predicted octanol–water partition coefficient (Wildman–Crippen LogP) is 3.35. The molecule has 1 N–H and O–H groups in total. The third-order valence-electron chi connectivity index (χ3n) is 7.11. The Morgan fingerprint density at radius 3 is 2.29 bits per heavy atom. The molecule has 34 heavy (non-hydrogen) atoms. The zero-order valence-electron chi connectivity index (χ0n) is 19.8. The number of benzene rings is 2. The van der Waals surface area contributed by atoms with Crippen LogP contribution >= 0.6 is 0 Å². The van der Waals surface area contributed by atoms with E-state index in [4.69, 9.17) is 14.6 Å². The lowest BCUT2D eigenvalue weighted by atomic mass is 9.94. The topological polar surface area (TPSA) is 83.5 Å². The summed E-state index contributed by atoms with van der Waals surface area (Å²) in [5.74, 6) is 1.65. The van der Waals surface area contributed by atoms with Gasteiger partial charge in [0.05, 0.1) is 26.5 Å². The molecule has 0 spiro atoms. The number of piperidine rings is 1. The van der Waals surface area contributed by atoms with Crippen molar-refractivity contribution in [2.24, 2.45) is 5.10 Å². The lowest BCUT2D eigenvalue weighted by Gasteiger charge is -2.36. The molecular weight excluding hydrogens is 432 g/mol. The largest absolute Gasteiger partial charge is 0.493 e. The van der Waals surface area contributed by atoms with Crippen molar-refractivity contribution in [3.63, 3.8) is 0 Å². The van der Waals surface area contributed by atoms with Gasteiger partial charge in [0.15, 0.2) is 11.5 Å². The van der Waals surface area contributed by atoms with Crippen molar-refractivity contribution in [3.05, 3.63) is 53.1 Å². The molecule has 0 unspecified atom stereocenters. The number of rotatable bonds is 4. The number of hydrogen-bond donors (Lipinski definition) is 1. The molecule has 2 saturated heterocycles. The molecule has 3 aliphatic heterocycles. The van der Waals surface area contributed by atoms with E-state index in [1.165, 1.54) is 5.01 Å². The second-order valence-corrected chi connectivity index (χ2v) is 9.03. The normalized spacial score (nSPS) is 21.5. The van der Waals surface area contributed by atoms with Crippen LogP contribution in [0.15, 0.2) is 41.5 Å². The molecule has 2 amide bonds. The van der Waals surface area contributed by atoms with Gasteiger partial charge in [-0.05, 0) is 49.1 Å². The van der Waals surface area contributed by atoms with Crippen LogP contribution in [0.2, 0.25) is 0 Å². The van der Waals surface area contributed by atoms with Crippen molar-refractivity contribution >= 4 is 23.2 Å². The number of urea groups is 1. The molecular formula is C26H30N4O4. The summed E-state index contributed by atoms with van der Waals surface area (Å²) in [5, 5.41) is 8.91. The zero-order chi connectivity index (χ0) is 23.8. The molecule has 3 heterocycles. The monoisotopic (exact) mass is 462 g/mol. The van der Waals surface area contributed by atoms with E-state index in [0.717, 1.165) is 35.2 Å². The van der Waals surface area contributed by atoms with Gasteiger partial charge in [-0.2, -0.15) is 5.10 Å². The lowest BCUT2D eigenvalue weighted by molar-refractivity contribution is -0.120. The predicted molar refractivity (Wildman–Crippen MR) is 130 cm³/mol. The molecule has 2 aromatic rings. The maximum atomic E-state index is 12.5. The van der Waals surface area contributed by atoms with E-state index in [-0.39, 0.29) is 6.03 Å². The van der Waals surface area contributed by atoms with E-state index in [9.17, 15) is 9.59 Å². The number of methoxy groups -OCH3 is 2. The first-order valence-electron chi connectivity index (χ1n) is 11.8. The van der Waals surface area contributed by atoms with Gasteiger partial charge in [-0.3, -0.25) is 4.79 Å². The number of anilines is 1. The van der Waals surface area contributed by atoms with Crippen LogP contribution in [-0.2, 0) is 11.2 Å². The van der Waals surface area contributed by atoms with Crippen molar-refractivity contribution in [3.8, 4) is 11.5 Å². The molecule has 2 fully saturated rings. The summed E-state index contributed by atoms with van der Waals surface area (Å²) in [6, 6.07) is 12.6. The Morgan fingerprint density at radius 1 is 1.03 bits per heavy atom. The highest BCUT2D eigenvalue weighted by molar-refractivity contribution is 6.14. The summed E-state index contributed by atoms with van der Waals surface area (Å²) < 4.78 is 11.1. The van der Waals surface area contributed by atoms with Gasteiger partial charge in [-0.1, -0.05) is 12.1 Å². The summed E-state index contributed by atoms with van der Waals surface area (Å²) in [6.07, 6.45) is 4.06. The van der Waals surface area contributed by atoms with E-state index >= 15 is 0 Å². The van der Waals surface area contributed by atoms with Crippen LogP contribution < -0.4 is 19.7 Å². The molecule has 0 saturated carbocycles. The van der Waals surface area contributed by atoms with Crippen molar-refractivity contribution in [1.82, 2.24) is 10.3 Å². The number of nitrogens with zero attached hydrogens (tertiary/aromatic N) is 3. The van der Waals surface area contributed by atoms with Crippen LogP contribution in [0, 0.1) is 0 Å². The van der Waals surface area contributed by atoms with Crippen LogP contribution in [0.4, 0.5) is 10.5 Å². The molecule has 2 bridgehead atoms. The molecule has 2 atom stereocenters. The van der Waals surface area contributed by atoms with Gasteiger partial charge < -0.3 is 19.7 Å². The number of carbonyl (C=O) groups excluding carboxylic acids is 2. The molecule has 5 rings (SSSR count). The molecule has 2 aromatic carbocycles. The van der Waals surface area contributed by atoms with Crippen molar-refractivity contribution in [2.75, 3.05) is 32.7 Å². The molecule has 0 aliphatic carbocycles. The lowest BCUT2D eigenvalue weighted by Crippen LogP contribution is -2.43. The number of nitrogens with one attached hydrogen (secondary N) is 1. The van der Waals surface area contributed by atoms with Crippen LogP contribution in [0.25, 0.3) is 0 Å². The fourth-order valence-corrected chi connectivity index (χ4v) is 5.47. The highest BCUT2D eigenvalue weighted by Crippen LogP contribution is 2.38. The highest BCUT2D eigenvalue weighted by Gasteiger charge is 2.40. The van der Waals surface area contributed by atoms with E-state index in [1.807, 2.05) is 12.1 Å². The summed E-state index contributed by atoms with van der Waals surface area (Å²) in [7, 11) is 4.84. The molecule has 178 valence electrons. The first-order chi connectivity index (χ1) is 16.5. The first kappa shape index (κ1) is 22.3. The van der Waals surface area contributed by atoms with Gasteiger partial charge in [0.2, 0.25) is 0 Å². The van der Waals surface area contributed by atoms with E-state index in [0.29, 0.717) is 60.9 Å². The Morgan fingerprint density at radius 2 is 1.68 bits per heavy atom. The SMILES string of the molecule is CNC(=O)N1CCc2cc(OC)c(OC)cc2C(c2ccc(N3[C@@H]4CC[C@H]3CC(=O)C4)cc2)=N1. The van der Waals surface area contributed by atoms with Crippen molar-refractivity contribution in [1.29, 1.82) is 0 Å². The van der Waals surface area contributed by atoms with Gasteiger partial charge in [0.1, 0.15) is 5.78 Å². The van der Waals surface area contributed by atoms with E-state index in [1.54, 1.807) is 21.3 Å². The number of Topliss-reactive ketones (excluding diaryl/α,β-unsaturated/α-hetero) is 1. The maximum Gasteiger partial charge on any atom is 0.337 e. The van der Waals surface area contributed by atoms with Crippen LogP contribution in [0.3, 0.4) is 0 Å². The smallest absolute Gasteiger partial charge is 0.337 e. The van der Waals surface area contributed by atoms with E-state index < -0.39 is 0 Å². The number of carbonyl (C=O) groups is 2. The second-order valence-electron chi connectivity index (χ2n) is 9.03. The Labute approximate surface area is 199 Å². The Kier molecular flexibility index (Phi) is 5.89. The average Bonchev–Trinajstić information content (AvgIpc) is 3.02. The zero-order valence-corrected chi connectivity index (χ0v) is 19.8. The summed E-state index contributed by atoms with van der Waals surface area (Å²) in [5.41, 5.74) is 4.71. The standard InChI is InChI=1S/C26H30N4O4/c1-27-26(32)29-11-10-17-12-23(33-2)24(34-3)15-22(17)25(28-29)16-4-6-18(7-5-16)30-19-8-9-20(30)14-21(31)13-19/h4-7,12,15,19-20H,8-11,13-14H2,1-3H3,(H,27,32)/t19-,20+. The Hall–Kier alpha value is -3.55. The van der Waals surface area contributed by atoms with Crippen LogP contribution in [0.1, 0.15) is 42.4 Å². The second kappa shape index (κ2) is 9.00. The summed E-state index contributed by atoms with van der Waals surface area (Å²) in [6.45, 7) is 0.453. The van der Waals surface area contributed by atoms with Gasteiger partial charge >= 0.3 is 6.03 Å². The number of amides is 2. The Bertz CT molecular complexity index is 1130. The number of fused-ring (bicyclic) bond motifs is 3. The molecule has 0 aromatic heterocycles.